The van der Waals surface area contributed by atoms with Crippen molar-refractivity contribution in [1.29, 1.82) is 0 Å². The van der Waals surface area contributed by atoms with Gasteiger partial charge in [0, 0.05) is 17.8 Å². The van der Waals surface area contributed by atoms with Gasteiger partial charge in [-0.3, -0.25) is 4.79 Å². The zero-order valence-corrected chi connectivity index (χ0v) is 23.4. The summed E-state index contributed by atoms with van der Waals surface area (Å²) in [5.74, 6) is -0.854. The number of ether oxygens (including phenoxy) is 8. The van der Waals surface area contributed by atoms with Gasteiger partial charge in [0.05, 0.1) is 51.7 Å². The SMILES string of the molecule is COc1cc([C@H]2c3cc4c(cc3[C@@H](OC3CC5COC(C)OC5C(O)C3O)C3COC(=O)C32)OCO4)cc(OC)c1O. The number of phenols is 1. The third kappa shape index (κ3) is 4.27. The minimum atomic E-state index is -1.21. The Bertz CT molecular complexity index is 1350. The summed E-state index contributed by atoms with van der Waals surface area (Å²) >= 11 is 0. The van der Waals surface area contributed by atoms with E-state index >= 15 is 0 Å². The van der Waals surface area contributed by atoms with Crippen molar-refractivity contribution in [1.82, 2.24) is 0 Å². The van der Waals surface area contributed by atoms with Gasteiger partial charge in [0.15, 0.2) is 29.3 Å². The Labute approximate surface area is 241 Å². The van der Waals surface area contributed by atoms with E-state index in [1.165, 1.54) is 14.2 Å². The van der Waals surface area contributed by atoms with E-state index in [4.69, 9.17) is 37.9 Å². The summed E-state index contributed by atoms with van der Waals surface area (Å²) in [5.41, 5.74) is 2.18. The van der Waals surface area contributed by atoms with E-state index in [0.29, 0.717) is 30.1 Å². The number of carbonyl (C=O) groups excluding carboxylic acids is 1. The van der Waals surface area contributed by atoms with Gasteiger partial charge in [0.2, 0.25) is 12.5 Å². The maximum Gasteiger partial charge on any atom is 0.310 e. The molecule has 10 atom stereocenters. The minimum absolute atomic E-state index is 0.0548. The Balaban J connectivity index is 1.32. The molecule has 42 heavy (non-hydrogen) atoms. The molecule has 2 saturated heterocycles. The molecule has 3 heterocycles. The molecule has 12 nitrogen and oxygen atoms in total. The van der Waals surface area contributed by atoms with E-state index in [2.05, 4.69) is 0 Å². The van der Waals surface area contributed by atoms with E-state index in [1.807, 2.05) is 12.1 Å². The molecule has 7 rings (SSSR count). The highest BCUT2D eigenvalue weighted by molar-refractivity contribution is 5.79. The van der Waals surface area contributed by atoms with E-state index in [0.717, 1.165) is 11.1 Å². The Morgan fingerprint density at radius 3 is 2.29 bits per heavy atom. The maximum atomic E-state index is 13.4. The number of carbonyl (C=O) groups is 1. The standard InChI is InChI=1S/C30H34O12/c1-12-37-9-14-6-22(26(32)27(33)28(14)41-12)42-29-16-8-19-18(39-11-40-19)7-15(16)23(24-17(29)10-38-30(24)34)13-4-20(35-2)25(31)21(5-13)36-3/h4-5,7-8,12,14,17,22-24,26-29,31-33H,6,9-11H2,1-3H3/t12?,14?,17?,22?,23-,24?,26?,27?,28?,29+/m0/s1. The summed E-state index contributed by atoms with van der Waals surface area (Å²) in [6.07, 6.45) is -4.45. The van der Waals surface area contributed by atoms with Gasteiger partial charge in [-0.05, 0) is 54.3 Å². The molecular weight excluding hydrogens is 552 g/mol. The molecule has 0 spiro atoms. The van der Waals surface area contributed by atoms with Crippen LogP contribution in [0.2, 0.25) is 0 Å². The number of aromatic hydroxyl groups is 1. The predicted octanol–water partition coefficient (Wildman–Crippen LogP) is 2.00. The molecule has 3 fully saturated rings. The summed E-state index contributed by atoms with van der Waals surface area (Å²) in [6.45, 7) is 2.29. The number of aliphatic hydroxyl groups is 2. The Kier molecular flexibility index (Phi) is 6.86. The molecule has 2 aromatic carbocycles. The molecule has 12 heteroatoms. The molecule has 8 unspecified atom stereocenters. The third-order valence-electron chi connectivity index (χ3n) is 9.26. The van der Waals surface area contributed by atoms with Crippen molar-refractivity contribution in [3.63, 3.8) is 0 Å². The molecule has 0 bridgehead atoms. The molecule has 2 aromatic rings. The van der Waals surface area contributed by atoms with Crippen LogP contribution in [0.15, 0.2) is 24.3 Å². The topological polar surface area (TPSA) is 152 Å². The van der Waals surface area contributed by atoms with Crippen LogP contribution in [0.3, 0.4) is 0 Å². The lowest BCUT2D eigenvalue weighted by atomic mass is 9.66. The Morgan fingerprint density at radius 1 is 0.905 bits per heavy atom. The number of esters is 1. The molecular formula is C30H34O12. The average Bonchev–Trinajstić information content (AvgIpc) is 3.61. The van der Waals surface area contributed by atoms with Crippen molar-refractivity contribution in [2.24, 2.45) is 17.8 Å². The van der Waals surface area contributed by atoms with Crippen molar-refractivity contribution in [2.45, 2.75) is 56.1 Å². The number of benzene rings is 2. The van der Waals surface area contributed by atoms with E-state index < -0.39 is 54.6 Å². The number of phenolic OH excluding ortho intramolecular Hbond substituents is 1. The molecule has 3 N–H and O–H groups in total. The van der Waals surface area contributed by atoms with Crippen molar-refractivity contribution in [2.75, 3.05) is 34.2 Å². The van der Waals surface area contributed by atoms with Crippen LogP contribution in [0, 0.1) is 17.8 Å². The molecule has 0 radical (unpaired) electrons. The van der Waals surface area contributed by atoms with Crippen molar-refractivity contribution in [3.05, 3.63) is 41.0 Å². The fourth-order valence-electron chi connectivity index (χ4n) is 7.24. The number of cyclic esters (lactones) is 1. The van der Waals surface area contributed by atoms with Crippen molar-refractivity contribution >= 4 is 5.97 Å². The highest BCUT2D eigenvalue weighted by Crippen LogP contribution is 2.57. The van der Waals surface area contributed by atoms with Gasteiger partial charge in [0.25, 0.3) is 0 Å². The average molecular weight is 587 g/mol. The normalized spacial score (nSPS) is 36.5. The number of rotatable bonds is 5. The number of methoxy groups -OCH3 is 2. The smallest absolute Gasteiger partial charge is 0.310 e. The van der Waals surface area contributed by atoms with Gasteiger partial charge in [-0.15, -0.1) is 0 Å². The summed E-state index contributed by atoms with van der Waals surface area (Å²) in [5, 5.41) is 32.7. The lowest BCUT2D eigenvalue weighted by Gasteiger charge is -2.48. The molecule has 5 aliphatic rings. The van der Waals surface area contributed by atoms with Crippen LogP contribution in [0.5, 0.6) is 28.7 Å². The fraction of sp³-hybridized carbons (Fsp3) is 0.567. The monoisotopic (exact) mass is 586 g/mol. The molecule has 1 saturated carbocycles. The van der Waals surface area contributed by atoms with Gasteiger partial charge in [-0.2, -0.15) is 0 Å². The summed E-state index contributed by atoms with van der Waals surface area (Å²) in [6, 6.07) is 7.07. The second-order valence-corrected chi connectivity index (χ2v) is 11.5. The molecule has 226 valence electrons. The first-order chi connectivity index (χ1) is 20.3. The minimum Gasteiger partial charge on any atom is -0.502 e. The second-order valence-electron chi connectivity index (χ2n) is 11.5. The first-order valence-electron chi connectivity index (χ1n) is 14.1. The highest BCUT2D eigenvalue weighted by Gasteiger charge is 2.55. The number of hydrogen-bond acceptors (Lipinski definition) is 12. The zero-order valence-electron chi connectivity index (χ0n) is 23.4. The molecule has 2 aliphatic carbocycles. The van der Waals surface area contributed by atoms with E-state index in [1.54, 1.807) is 19.1 Å². The van der Waals surface area contributed by atoms with Crippen LogP contribution in [-0.2, 0) is 23.7 Å². The Morgan fingerprint density at radius 2 is 1.60 bits per heavy atom. The van der Waals surface area contributed by atoms with Gasteiger partial charge in [-0.1, -0.05) is 0 Å². The Hall–Kier alpha value is -3.29. The van der Waals surface area contributed by atoms with Crippen LogP contribution in [0.1, 0.15) is 42.1 Å². The zero-order chi connectivity index (χ0) is 29.3. The molecule has 3 aliphatic heterocycles. The largest absolute Gasteiger partial charge is 0.502 e. The van der Waals surface area contributed by atoms with Crippen LogP contribution < -0.4 is 18.9 Å². The van der Waals surface area contributed by atoms with E-state index in [-0.39, 0.29) is 42.5 Å². The lowest BCUT2D eigenvalue weighted by Crippen LogP contribution is -2.59. The van der Waals surface area contributed by atoms with Crippen LogP contribution in [0.4, 0.5) is 0 Å². The summed E-state index contributed by atoms with van der Waals surface area (Å²) in [4.78, 5) is 13.4. The first-order valence-corrected chi connectivity index (χ1v) is 14.1. The number of aliphatic hydroxyl groups excluding tert-OH is 2. The van der Waals surface area contributed by atoms with Gasteiger partial charge >= 0.3 is 5.97 Å². The van der Waals surface area contributed by atoms with Gasteiger partial charge in [0.1, 0.15) is 12.2 Å². The third-order valence-corrected chi connectivity index (χ3v) is 9.26. The molecule has 0 amide bonds. The number of hydrogen-bond donors (Lipinski definition) is 3. The van der Waals surface area contributed by atoms with Crippen molar-refractivity contribution < 1.29 is 58.0 Å². The second kappa shape index (κ2) is 10.5. The molecule has 0 aromatic heterocycles. The first kappa shape index (κ1) is 27.5. The van der Waals surface area contributed by atoms with Crippen LogP contribution >= 0.6 is 0 Å². The summed E-state index contributed by atoms with van der Waals surface area (Å²) < 4.78 is 46.1. The van der Waals surface area contributed by atoms with E-state index in [9.17, 15) is 20.1 Å². The fourth-order valence-corrected chi connectivity index (χ4v) is 7.24. The van der Waals surface area contributed by atoms with Crippen molar-refractivity contribution in [3.8, 4) is 28.7 Å². The van der Waals surface area contributed by atoms with Crippen LogP contribution in [0.25, 0.3) is 0 Å². The number of fused-ring (bicyclic) bond motifs is 4. The lowest BCUT2D eigenvalue weighted by molar-refractivity contribution is -0.289. The van der Waals surface area contributed by atoms with Gasteiger partial charge in [-0.25, -0.2) is 0 Å². The predicted molar refractivity (Wildman–Crippen MR) is 142 cm³/mol. The maximum absolute atomic E-state index is 13.4. The van der Waals surface area contributed by atoms with Gasteiger partial charge < -0.3 is 53.2 Å². The quantitative estimate of drug-likeness (QED) is 0.440. The summed E-state index contributed by atoms with van der Waals surface area (Å²) in [7, 11) is 2.89. The highest BCUT2D eigenvalue weighted by atomic mass is 16.7. The van der Waals surface area contributed by atoms with Crippen LogP contribution in [-0.4, -0.2) is 86.2 Å².